The van der Waals surface area contributed by atoms with Crippen molar-refractivity contribution in [1.29, 1.82) is 0 Å². The number of methoxy groups -OCH3 is 1. The highest BCUT2D eigenvalue weighted by Crippen LogP contribution is 2.27. The Balaban J connectivity index is 1.73. The van der Waals surface area contributed by atoms with Gasteiger partial charge in [-0.05, 0) is 42.2 Å². The summed E-state index contributed by atoms with van der Waals surface area (Å²) in [5, 5.41) is 13.1. The molecule has 158 valence electrons. The summed E-state index contributed by atoms with van der Waals surface area (Å²) in [6.07, 6.45) is -0.600. The molecule has 0 spiro atoms. The molecule has 0 saturated heterocycles. The second-order valence-corrected chi connectivity index (χ2v) is 7.71. The maximum absolute atomic E-state index is 13.0. The van der Waals surface area contributed by atoms with Gasteiger partial charge in [0.15, 0.2) is 0 Å². The highest BCUT2D eigenvalue weighted by atomic mass is 16.5. The van der Waals surface area contributed by atoms with Crippen LogP contribution in [0, 0.1) is 5.92 Å². The topological polar surface area (TPSA) is 95.9 Å². The lowest BCUT2D eigenvalue weighted by Gasteiger charge is -2.27. The third-order valence-corrected chi connectivity index (χ3v) is 5.10. The fraction of sp³-hybridized carbons (Fsp3) is 0.348. The molecule has 0 saturated carbocycles. The molecule has 0 aliphatic carbocycles. The van der Waals surface area contributed by atoms with Gasteiger partial charge in [-0.25, -0.2) is 0 Å². The number of aliphatic hydroxyl groups is 1. The lowest BCUT2D eigenvalue weighted by Crippen LogP contribution is -2.50. The third kappa shape index (κ3) is 4.36. The Kier molecular flexibility index (Phi) is 6.52. The first kappa shape index (κ1) is 21.5. The third-order valence-electron chi connectivity index (χ3n) is 5.10. The van der Waals surface area contributed by atoms with Crippen LogP contribution in [0.5, 0.6) is 5.75 Å². The van der Waals surface area contributed by atoms with Gasteiger partial charge in [-0.15, -0.1) is 0 Å². The zero-order chi connectivity index (χ0) is 21.8. The molecule has 0 unspecified atom stereocenters. The molecule has 3 rings (SSSR count). The lowest BCUT2D eigenvalue weighted by atomic mass is 10.0. The average molecular weight is 410 g/mol. The molecule has 1 aliphatic rings. The van der Waals surface area contributed by atoms with Crippen molar-refractivity contribution >= 4 is 17.7 Å². The number of hydrogen-bond acceptors (Lipinski definition) is 5. The Morgan fingerprint density at radius 2 is 1.60 bits per heavy atom. The molecule has 7 nitrogen and oxygen atoms in total. The molecular formula is C23H26N2O5. The van der Waals surface area contributed by atoms with Crippen LogP contribution in [-0.4, -0.2) is 47.4 Å². The minimum atomic E-state index is -0.944. The molecule has 7 heteroatoms. The number of fused-ring (bicyclic) bond motifs is 1. The van der Waals surface area contributed by atoms with Crippen molar-refractivity contribution < 1.29 is 24.2 Å². The van der Waals surface area contributed by atoms with Crippen LogP contribution < -0.4 is 10.1 Å². The molecule has 2 aromatic carbocycles. The predicted octanol–water partition coefficient (Wildman–Crippen LogP) is 2.56. The first-order valence-corrected chi connectivity index (χ1v) is 9.90. The van der Waals surface area contributed by atoms with Crippen molar-refractivity contribution in [3.8, 4) is 5.75 Å². The Morgan fingerprint density at radius 3 is 2.10 bits per heavy atom. The summed E-state index contributed by atoms with van der Waals surface area (Å²) in [6.45, 7) is 3.80. The zero-order valence-electron chi connectivity index (χ0n) is 17.3. The number of benzene rings is 2. The van der Waals surface area contributed by atoms with Gasteiger partial charge in [-0.2, -0.15) is 0 Å². The van der Waals surface area contributed by atoms with Crippen molar-refractivity contribution in [2.24, 2.45) is 5.92 Å². The molecule has 0 radical (unpaired) electrons. The Hall–Kier alpha value is -3.19. The van der Waals surface area contributed by atoms with E-state index in [1.54, 1.807) is 55.6 Å². The second kappa shape index (κ2) is 9.09. The van der Waals surface area contributed by atoms with Crippen LogP contribution in [0.1, 0.15) is 52.7 Å². The van der Waals surface area contributed by atoms with Crippen molar-refractivity contribution in [2.45, 2.75) is 32.4 Å². The van der Waals surface area contributed by atoms with E-state index in [1.165, 1.54) is 0 Å². The lowest BCUT2D eigenvalue weighted by molar-refractivity contribution is -0.126. The Bertz CT molecular complexity index is 904. The van der Waals surface area contributed by atoms with Crippen molar-refractivity contribution in [3.63, 3.8) is 0 Å². The summed E-state index contributed by atoms with van der Waals surface area (Å²) in [5.41, 5.74) is 1.24. The standard InChI is InChI=1S/C23H26N2O5/c1-14(2)12-19(25-22(28)17-6-4-5-7-18(17)23(25)29)21(27)24-13-20(26)15-8-10-16(30-3)11-9-15/h4-11,14,19-20,26H,12-13H2,1-3H3,(H,24,27)/t19-,20-/m0/s1. The van der Waals surface area contributed by atoms with Gasteiger partial charge in [0.25, 0.3) is 11.8 Å². The summed E-state index contributed by atoms with van der Waals surface area (Å²) in [4.78, 5) is 39.6. The van der Waals surface area contributed by atoms with Crippen LogP contribution >= 0.6 is 0 Å². The SMILES string of the molecule is COc1ccc([C@@H](O)CNC(=O)[C@H](CC(C)C)N2C(=O)c3ccccc3C2=O)cc1. The number of hydrogen-bond donors (Lipinski definition) is 2. The fourth-order valence-corrected chi connectivity index (χ4v) is 3.53. The fourth-order valence-electron chi connectivity index (χ4n) is 3.53. The number of aliphatic hydroxyl groups excluding tert-OH is 1. The van der Waals surface area contributed by atoms with Gasteiger partial charge in [0.1, 0.15) is 11.8 Å². The molecule has 0 fully saturated rings. The van der Waals surface area contributed by atoms with Gasteiger partial charge in [0.05, 0.1) is 24.3 Å². The van der Waals surface area contributed by atoms with E-state index < -0.39 is 29.9 Å². The van der Waals surface area contributed by atoms with Crippen LogP contribution in [0.15, 0.2) is 48.5 Å². The number of carbonyl (C=O) groups is 3. The second-order valence-electron chi connectivity index (χ2n) is 7.71. The maximum atomic E-state index is 13.0. The molecule has 30 heavy (non-hydrogen) atoms. The van der Waals surface area contributed by atoms with E-state index >= 15 is 0 Å². The Labute approximate surface area is 175 Å². The molecule has 2 N–H and O–H groups in total. The average Bonchev–Trinajstić information content (AvgIpc) is 3.00. The predicted molar refractivity (Wildman–Crippen MR) is 111 cm³/mol. The van der Waals surface area contributed by atoms with E-state index in [-0.39, 0.29) is 12.5 Å². The number of rotatable bonds is 8. The highest BCUT2D eigenvalue weighted by molar-refractivity contribution is 6.22. The minimum absolute atomic E-state index is 0.0388. The highest BCUT2D eigenvalue weighted by Gasteiger charge is 2.42. The molecule has 2 atom stereocenters. The van der Waals surface area contributed by atoms with Crippen LogP contribution in [0.3, 0.4) is 0 Å². The summed E-state index contributed by atoms with van der Waals surface area (Å²) < 4.78 is 5.10. The number of carbonyl (C=O) groups excluding carboxylic acids is 3. The number of amides is 3. The van der Waals surface area contributed by atoms with Crippen LogP contribution in [0.25, 0.3) is 0 Å². The first-order chi connectivity index (χ1) is 14.3. The zero-order valence-corrected chi connectivity index (χ0v) is 17.3. The van der Waals surface area contributed by atoms with E-state index in [4.69, 9.17) is 4.74 Å². The van der Waals surface area contributed by atoms with E-state index in [0.29, 0.717) is 28.9 Å². The number of nitrogens with zero attached hydrogens (tertiary/aromatic N) is 1. The largest absolute Gasteiger partial charge is 0.497 e. The number of nitrogens with one attached hydrogen (secondary N) is 1. The molecule has 1 aliphatic heterocycles. The molecule has 0 bridgehead atoms. The molecule has 2 aromatic rings. The van der Waals surface area contributed by atoms with Crippen LogP contribution in [0.2, 0.25) is 0 Å². The minimum Gasteiger partial charge on any atom is -0.497 e. The van der Waals surface area contributed by atoms with E-state index in [9.17, 15) is 19.5 Å². The molecule has 0 aromatic heterocycles. The summed E-state index contributed by atoms with van der Waals surface area (Å²) in [5.74, 6) is -0.654. The molecule has 1 heterocycles. The van der Waals surface area contributed by atoms with Crippen LogP contribution in [0.4, 0.5) is 0 Å². The van der Waals surface area contributed by atoms with E-state index in [2.05, 4.69) is 5.32 Å². The maximum Gasteiger partial charge on any atom is 0.262 e. The van der Waals surface area contributed by atoms with Gasteiger partial charge < -0.3 is 15.2 Å². The van der Waals surface area contributed by atoms with Crippen LogP contribution in [-0.2, 0) is 4.79 Å². The molecular weight excluding hydrogens is 384 g/mol. The monoisotopic (exact) mass is 410 g/mol. The summed E-state index contributed by atoms with van der Waals surface area (Å²) in [7, 11) is 1.56. The van der Waals surface area contributed by atoms with E-state index in [1.807, 2.05) is 13.8 Å². The quantitative estimate of drug-likeness (QED) is 0.652. The van der Waals surface area contributed by atoms with Gasteiger partial charge in [0, 0.05) is 6.54 Å². The van der Waals surface area contributed by atoms with E-state index in [0.717, 1.165) is 4.90 Å². The van der Waals surface area contributed by atoms with Crippen molar-refractivity contribution in [1.82, 2.24) is 10.2 Å². The summed E-state index contributed by atoms with van der Waals surface area (Å²) in [6, 6.07) is 12.5. The number of ether oxygens (including phenoxy) is 1. The van der Waals surface area contributed by atoms with Gasteiger partial charge in [0.2, 0.25) is 5.91 Å². The summed E-state index contributed by atoms with van der Waals surface area (Å²) >= 11 is 0. The molecule has 3 amide bonds. The first-order valence-electron chi connectivity index (χ1n) is 9.90. The number of imide groups is 1. The normalized spacial score (nSPS) is 15.2. The van der Waals surface area contributed by atoms with Gasteiger partial charge in [-0.1, -0.05) is 38.1 Å². The van der Waals surface area contributed by atoms with Crippen molar-refractivity contribution in [2.75, 3.05) is 13.7 Å². The van der Waals surface area contributed by atoms with Gasteiger partial charge in [-0.3, -0.25) is 19.3 Å². The van der Waals surface area contributed by atoms with Crippen molar-refractivity contribution in [3.05, 3.63) is 65.2 Å². The smallest absolute Gasteiger partial charge is 0.262 e. The Morgan fingerprint density at radius 1 is 1.03 bits per heavy atom. The van der Waals surface area contributed by atoms with Gasteiger partial charge >= 0.3 is 0 Å².